The number of ether oxygens (including phenoxy) is 1. The number of aryl methyl sites for hydroxylation is 1. The molecule has 0 bridgehead atoms. The number of benzene rings is 1. The zero-order valence-electron chi connectivity index (χ0n) is 10.1. The zero-order valence-corrected chi connectivity index (χ0v) is 10.9. The van der Waals surface area contributed by atoms with Crippen LogP contribution in [0.4, 0.5) is 13.2 Å². The topological polar surface area (TPSA) is 59.4 Å². The molecule has 0 fully saturated rings. The highest BCUT2D eigenvalue weighted by Crippen LogP contribution is 2.31. The number of carbonyl (C=O) groups is 1. The van der Waals surface area contributed by atoms with Gasteiger partial charge in [-0.3, -0.25) is 0 Å². The maximum Gasteiger partial charge on any atom is 0.573 e. The SMILES string of the molecule is Cc1cc(OC(F)(F)F)ccc1-c1nc(C(=O)O)cs1. The molecule has 20 heavy (non-hydrogen) atoms. The van der Waals surface area contributed by atoms with Gasteiger partial charge in [0, 0.05) is 10.9 Å². The zero-order chi connectivity index (χ0) is 14.9. The second kappa shape index (κ2) is 5.12. The lowest BCUT2D eigenvalue weighted by Crippen LogP contribution is -2.17. The summed E-state index contributed by atoms with van der Waals surface area (Å²) < 4.78 is 40.1. The van der Waals surface area contributed by atoms with E-state index in [0.717, 1.165) is 17.4 Å². The number of hydrogen-bond donors (Lipinski definition) is 1. The highest BCUT2D eigenvalue weighted by molar-refractivity contribution is 7.13. The summed E-state index contributed by atoms with van der Waals surface area (Å²) in [7, 11) is 0. The molecule has 0 saturated carbocycles. The first-order chi connectivity index (χ1) is 9.26. The van der Waals surface area contributed by atoms with Gasteiger partial charge in [0.05, 0.1) is 0 Å². The molecule has 0 aliphatic rings. The monoisotopic (exact) mass is 303 g/mol. The van der Waals surface area contributed by atoms with Crippen LogP contribution in [0.1, 0.15) is 16.1 Å². The Labute approximate surface area is 115 Å². The van der Waals surface area contributed by atoms with E-state index in [9.17, 15) is 18.0 Å². The van der Waals surface area contributed by atoms with Crippen molar-refractivity contribution in [1.29, 1.82) is 0 Å². The number of carboxylic acids is 1. The standard InChI is InChI=1S/C12H8F3NO3S/c1-6-4-7(19-12(13,14)15)2-3-8(6)10-16-9(5-20-10)11(17)18/h2-5H,1H3,(H,17,18). The van der Waals surface area contributed by atoms with Gasteiger partial charge in [-0.05, 0) is 30.7 Å². The second-order valence-corrected chi connectivity index (χ2v) is 4.73. The van der Waals surface area contributed by atoms with Crippen molar-refractivity contribution in [2.24, 2.45) is 0 Å². The van der Waals surface area contributed by atoms with Crippen molar-refractivity contribution in [2.75, 3.05) is 0 Å². The molecule has 0 saturated heterocycles. The van der Waals surface area contributed by atoms with E-state index in [1.54, 1.807) is 6.92 Å². The number of aromatic nitrogens is 1. The largest absolute Gasteiger partial charge is 0.573 e. The van der Waals surface area contributed by atoms with E-state index in [-0.39, 0.29) is 11.4 Å². The van der Waals surface area contributed by atoms with Crippen molar-refractivity contribution in [1.82, 2.24) is 4.98 Å². The summed E-state index contributed by atoms with van der Waals surface area (Å²) >= 11 is 1.11. The predicted molar refractivity (Wildman–Crippen MR) is 65.9 cm³/mol. The molecule has 1 aromatic heterocycles. The van der Waals surface area contributed by atoms with Crippen LogP contribution in [-0.4, -0.2) is 22.4 Å². The number of hydrogen-bond acceptors (Lipinski definition) is 4. The Hall–Kier alpha value is -2.09. The molecule has 0 aliphatic heterocycles. The van der Waals surface area contributed by atoms with E-state index < -0.39 is 12.3 Å². The van der Waals surface area contributed by atoms with E-state index in [1.807, 2.05) is 0 Å². The maximum atomic E-state index is 12.1. The van der Waals surface area contributed by atoms with Crippen LogP contribution in [0.2, 0.25) is 0 Å². The molecule has 0 unspecified atom stereocenters. The molecule has 2 rings (SSSR count). The van der Waals surface area contributed by atoms with Crippen molar-refractivity contribution in [3.63, 3.8) is 0 Å². The average molecular weight is 303 g/mol. The van der Waals surface area contributed by atoms with E-state index in [0.29, 0.717) is 16.1 Å². The van der Waals surface area contributed by atoms with E-state index in [4.69, 9.17) is 5.11 Å². The fourth-order valence-corrected chi connectivity index (χ4v) is 2.45. The van der Waals surface area contributed by atoms with Crippen molar-refractivity contribution in [2.45, 2.75) is 13.3 Å². The lowest BCUT2D eigenvalue weighted by molar-refractivity contribution is -0.274. The number of alkyl halides is 3. The molecule has 0 aliphatic carbocycles. The Morgan fingerprint density at radius 1 is 1.40 bits per heavy atom. The maximum absolute atomic E-state index is 12.1. The molecular formula is C12H8F3NO3S. The van der Waals surface area contributed by atoms with Gasteiger partial charge in [-0.15, -0.1) is 24.5 Å². The van der Waals surface area contributed by atoms with E-state index >= 15 is 0 Å². The molecule has 106 valence electrons. The van der Waals surface area contributed by atoms with Crippen LogP contribution in [-0.2, 0) is 0 Å². The van der Waals surface area contributed by atoms with Gasteiger partial charge in [0.15, 0.2) is 5.69 Å². The smallest absolute Gasteiger partial charge is 0.476 e. The summed E-state index contributed by atoms with van der Waals surface area (Å²) in [6, 6.07) is 3.81. The molecule has 1 aromatic carbocycles. The normalized spacial score (nSPS) is 11.4. The van der Waals surface area contributed by atoms with Crippen molar-refractivity contribution in [3.05, 3.63) is 34.8 Å². The molecule has 0 radical (unpaired) electrons. The van der Waals surface area contributed by atoms with Gasteiger partial charge in [0.25, 0.3) is 0 Å². The van der Waals surface area contributed by atoms with Gasteiger partial charge in [0.2, 0.25) is 0 Å². The summed E-state index contributed by atoms with van der Waals surface area (Å²) in [5.41, 5.74) is 0.982. The number of halogens is 3. The van der Waals surface area contributed by atoms with Crippen LogP contribution in [0.15, 0.2) is 23.6 Å². The third kappa shape index (κ3) is 3.27. The van der Waals surface area contributed by atoms with Gasteiger partial charge >= 0.3 is 12.3 Å². The Morgan fingerprint density at radius 3 is 2.60 bits per heavy atom. The van der Waals surface area contributed by atoms with Crippen LogP contribution in [0.3, 0.4) is 0 Å². The Bertz CT molecular complexity index is 652. The first kappa shape index (κ1) is 14.3. The molecule has 4 nitrogen and oxygen atoms in total. The number of rotatable bonds is 3. The molecule has 1 N–H and O–H groups in total. The molecule has 0 spiro atoms. The molecule has 0 amide bonds. The van der Waals surface area contributed by atoms with E-state index in [1.165, 1.54) is 17.5 Å². The van der Waals surface area contributed by atoms with Gasteiger partial charge in [0.1, 0.15) is 10.8 Å². The molecule has 8 heteroatoms. The van der Waals surface area contributed by atoms with Gasteiger partial charge < -0.3 is 9.84 Å². The summed E-state index contributed by atoms with van der Waals surface area (Å²) in [5, 5.41) is 10.6. The van der Waals surface area contributed by atoms with Crippen LogP contribution in [0.25, 0.3) is 10.6 Å². The number of aromatic carboxylic acids is 1. The van der Waals surface area contributed by atoms with Gasteiger partial charge in [-0.2, -0.15) is 0 Å². The summed E-state index contributed by atoms with van der Waals surface area (Å²) in [6.45, 7) is 1.60. The lowest BCUT2D eigenvalue weighted by Gasteiger charge is -2.10. The third-order valence-electron chi connectivity index (χ3n) is 2.39. The number of carboxylic acid groups (broad SMARTS) is 1. The van der Waals surface area contributed by atoms with Gasteiger partial charge in [-0.25, -0.2) is 9.78 Å². The summed E-state index contributed by atoms with van der Waals surface area (Å²) in [5.74, 6) is -1.48. The number of thiazole rings is 1. The van der Waals surface area contributed by atoms with Crippen LogP contribution in [0, 0.1) is 6.92 Å². The highest BCUT2D eigenvalue weighted by atomic mass is 32.1. The van der Waals surface area contributed by atoms with Crippen molar-refractivity contribution >= 4 is 17.3 Å². The second-order valence-electron chi connectivity index (χ2n) is 3.87. The lowest BCUT2D eigenvalue weighted by atomic mass is 10.1. The van der Waals surface area contributed by atoms with Crippen molar-refractivity contribution < 1.29 is 27.8 Å². The third-order valence-corrected chi connectivity index (χ3v) is 3.26. The summed E-state index contributed by atoms with van der Waals surface area (Å²) in [6.07, 6.45) is -4.74. The van der Waals surface area contributed by atoms with Crippen molar-refractivity contribution in [3.8, 4) is 16.3 Å². The van der Waals surface area contributed by atoms with Crippen LogP contribution in [0.5, 0.6) is 5.75 Å². The minimum absolute atomic E-state index is 0.0972. The first-order valence-electron chi connectivity index (χ1n) is 5.32. The van der Waals surface area contributed by atoms with Crippen LogP contribution < -0.4 is 4.74 Å². The minimum Gasteiger partial charge on any atom is -0.476 e. The predicted octanol–water partition coefficient (Wildman–Crippen LogP) is 3.72. The molecule has 0 atom stereocenters. The Morgan fingerprint density at radius 2 is 2.10 bits per heavy atom. The van der Waals surface area contributed by atoms with E-state index in [2.05, 4.69) is 9.72 Å². The van der Waals surface area contributed by atoms with Crippen LogP contribution >= 0.6 is 11.3 Å². The summed E-state index contributed by atoms with van der Waals surface area (Å²) in [4.78, 5) is 14.6. The number of nitrogens with zero attached hydrogens (tertiary/aromatic N) is 1. The molecular weight excluding hydrogens is 295 g/mol. The minimum atomic E-state index is -4.74. The first-order valence-corrected chi connectivity index (χ1v) is 6.20. The fourth-order valence-electron chi connectivity index (χ4n) is 1.57. The average Bonchev–Trinajstić information content (AvgIpc) is 2.76. The molecule has 1 heterocycles. The Kier molecular flexibility index (Phi) is 3.67. The Balaban J connectivity index is 2.31. The molecule has 2 aromatic rings. The quantitative estimate of drug-likeness (QED) is 0.939. The van der Waals surface area contributed by atoms with Gasteiger partial charge in [-0.1, -0.05) is 0 Å². The highest BCUT2D eigenvalue weighted by Gasteiger charge is 2.31. The fraction of sp³-hybridized carbons (Fsp3) is 0.167.